The fraction of sp³-hybridized carbons (Fsp3) is 0.533. The summed E-state index contributed by atoms with van der Waals surface area (Å²) in [5, 5.41) is 8.61. The van der Waals surface area contributed by atoms with Crippen LogP contribution in [0.2, 0.25) is 0 Å². The van der Waals surface area contributed by atoms with Gasteiger partial charge in [0, 0.05) is 45.2 Å². The number of nitrogens with zero attached hydrogens (tertiary/aromatic N) is 3. The van der Waals surface area contributed by atoms with E-state index in [9.17, 15) is 8.42 Å². The average Bonchev–Trinajstić information content (AvgIpc) is 2.59. The Hall–Kier alpha value is -1.82. The topological polar surface area (TPSA) is 82.9 Å². The van der Waals surface area contributed by atoms with Crippen molar-refractivity contribution in [3.63, 3.8) is 0 Å². The third-order valence-corrected chi connectivity index (χ3v) is 5.76. The highest BCUT2D eigenvalue weighted by Crippen LogP contribution is 2.30. The maximum atomic E-state index is 12.7. The van der Waals surface area contributed by atoms with Crippen LogP contribution >= 0.6 is 0 Å². The van der Waals surface area contributed by atoms with Crippen molar-refractivity contribution >= 4 is 10.0 Å². The lowest BCUT2D eigenvalue weighted by Gasteiger charge is -2.33. The normalized spacial score (nSPS) is 16.7. The summed E-state index contributed by atoms with van der Waals surface area (Å²) in [7, 11) is -0.577. The lowest BCUT2D eigenvalue weighted by Crippen LogP contribution is -2.48. The molecule has 2 rings (SSSR count). The van der Waals surface area contributed by atoms with E-state index in [0.717, 1.165) is 0 Å². The molecule has 0 atom stereocenters. The molecule has 7 nitrogen and oxygen atoms in total. The van der Waals surface area contributed by atoms with Gasteiger partial charge < -0.3 is 9.47 Å². The smallest absolute Gasteiger partial charge is 0.243 e. The third kappa shape index (κ3) is 3.93. The molecule has 1 aliphatic rings. The highest BCUT2D eigenvalue weighted by atomic mass is 32.2. The minimum Gasteiger partial charge on any atom is -0.493 e. The average molecular weight is 339 g/mol. The standard InChI is InChI=1S/C15H21N3O4S/c1-21-14-5-4-13(12-15(14)22-2)23(19,20)18-10-8-17(9-11-18)7-3-6-16/h4-5,12H,3,7-11H2,1-2H3. The molecule has 0 bridgehead atoms. The molecule has 1 aromatic rings. The van der Waals surface area contributed by atoms with Gasteiger partial charge >= 0.3 is 0 Å². The minimum absolute atomic E-state index is 0.195. The molecule has 1 fully saturated rings. The van der Waals surface area contributed by atoms with Crippen molar-refractivity contribution in [1.82, 2.24) is 9.21 Å². The van der Waals surface area contributed by atoms with E-state index in [1.165, 1.54) is 30.7 Å². The van der Waals surface area contributed by atoms with E-state index in [2.05, 4.69) is 11.0 Å². The van der Waals surface area contributed by atoms with Crippen LogP contribution in [0.4, 0.5) is 0 Å². The van der Waals surface area contributed by atoms with Crippen molar-refractivity contribution in [1.29, 1.82) is 5.26 Å². The van der Waals surface area contributed by atoms with Crippen LogP contribution in [-0.2, 0) is 10.0 Å². The highest BCUT2D eigenvalue weighted by Gasteiger charge is 2.29. The molecule has 0 radical (unpaired) electrons. The quantitative estimate of drug-likeness (QED) is 0.766. The van der Waals surface area contributed by atoms with Crippen molar-refractivity contribution in [2.75, 3.05) is 46.9 Å². The summed E-state index contributed by atoms with van der Waals surface area (Å²) >= 11 is 0. The van der Waals surface area contributed by atoms with Crippen LogP contribution in [0.1, 0.15) is 6.42 Å². The Morgan fingerprint density at radius 2 is 1.78 bits per heavy atom. The molecule has 1 saturated heterocycles. The summed E-state index contributed by atoms with van der Waals surface area (Å²) < 4.78 is 37.2. The maximum Gasteiger partial charge on any atom is 0.243 e. The third-order valence-electron chi connectivity index (χ3n) is 3.86. The maximum absolute atomic E-state index is 12.7. The van der Waals surface area contributed by atoms with Crippen LogP contribution in [0.15, 0.2) is 23.1 Å². The van der Waals surface area contributed by atoms with Gasteiger partial charge in [0.15, 0.2) is 11.5 Å². The lowest BCUT2D eigenvalue weighted by atomic mass is 10.3. The first-order valence-electron chi connectivity index (χ1n) is 7.34. The summed E-state index contributed by atoms with van der Waals surface area (Å²) in [6.45, 7) is 2.79. The second kappa shape index (κ2) is 7.64. The molecular weight excluding hydrogens is 318 g/mol. The predicted molar refractivity (Wildman–Crippen MR) is 85.0 cm³/mol. The van der Waals surface area contributed by atoms with Gasteiger partial charge in [-0.05, 0) is 12.1 Å². The van der Waals surface area contributed by atoms with Gasteiger partial charge in [0.1, 0.15) is 0 Å². The van der Waals surface area contributed by atoms with Gasteiger partial charge in [-0.25, -0.2) is 8.42 Å². The molecule has 1 aromatic carbocycles. The molecule has 0 amide bonds. The zero-order valence-corrected chi connectivity index (χ0v) is 14.2. The van der Waals surface area contributed by atoms with E-state index in [-0.39, 0.29) is 4.90 Å². The number of nitriles is 1. The molecule has 0 unspecified atom stereocenters. The summed E-state index contributed by atoms with van der Waals surface area (Å²) in [5.41, 5.74) is 0. The minimum atomic E-state index is -3.56. The monoisotopic (exact) mass is 339 g/mol. The Kier molecular flexibility index (Phi) is 5.82. The van der Waals surface area contributed by atoms with Gasteiger partial charge in [0.25, 0.3) is 0 Å². The first kappa shape index (κ1) is 17.5. The van der Waals surface area contributed by atoms with Gasteiger partial charge in [-0.3, -0.25) is 4.90 Å². The first-order valence-corrected chi connectivity index (χ1v) is 8.78. The van der Waals surface area contributed by atoms with Crippen molar-refractivity contribution in [3.8, 4) is 17.6 Å². The number of rotatable bonds is 6. The van der Waals surface area contributed by atoms with E-state index in [1.54, 1.807) is 6.07 Å². The molecule has 0 aliphatic carbocycles. The number of benzene rings is 1. The molecule has 1 heterocycles. The molecular formula is C15H21N3O4S. The van der Waals surface area contributed by atoms with Crippen molar-refractivity contribution in [3.05, 3.63) is 18.2 Å². The second-order valence-corrected chi connectivity index (χ2v) is 7.11. The van der Waals surface area contributed by atoms with Gasteiger partial charge in [0.05, 0.1) is 25.2 Å². The Morgan fingerprint density at radius 3 is 2.35 bits per heavy atom. The van der Waals surface area contributed by atoms with Crippen LogP contribution in [0.3, 0.4) is 0 Å². The number of piperazine rings is 1. The summed E-state index contributed by atoms with van der Waals surface area (Å²) in [6.07, 6.45) is 0.461. The summed E-state index contributed by atoms with van der Waals surface area (Å²) in [4.78, 5) is 2.30. The number of hydrogen-bond donors (Lipinski definition) is 0. The highest BCUT2D eigenvalue weighted by molar-refractivity contribution is 7.89. The molecule has 23 heavy (non-hydrogen) atoms. The zero-order chi connectivity index (χ0) is 16.9. The Morgan fingerprint density at radius 1 is 1.13 bits per heavy atom. The van der Waals surface area contributed by atoms with Crippen LogP contribution in [0.5, 0.6) is 11.5 Å². The van der Waals surface area contributed by atoms with Gasteiger partial charge in [0.2, 0.25) is 10.0 Å². The number of methoxy groups -OCH3 is 2. The molecule has 0 saturated carbocycles. The fourth-order valence-corrected chi connectivity index (χ4v) is 3.97. The number of sulfonamides is 1. The Bertz CT molecular complexity index is 676. The fourth-order valence-electron chi connectivity index (χ4n) is 2.53. The van der Waals surface area contributed by atoms with Crippen molar-refractivity contribution < 1.29 is 17.9 Å². The van der Waals surface area contributed by atoms with Gasteiger partial charge in [-0.1, -0.05) is 0 Å². The SMILES string of the molecule is COc1ccc(S(=O)(=O)N2CCN(CCC#N)CC2)cc1OC. The van der Waals surface area contributed by atoms with Crippen molar-refractivity contribution in [2.24, 2.45) is 0 Å². The van der Waals surface area contributed by atoms with E-state index in [4.69, 9.17) is 14.7 Å². The van der Waals surface area contributed by atoms with Crippen LogP contribution in [-0.4, -0.2) is 64.6 Å². The molecule has 0 aromatic heterocycles. The number of ether oxygens (including phenoxy) is 2. The van der Waals surface area contributed by atoms with Crippen LogP contribution in [0, 0.1) is 11.3 Å². The van der Waals surface area contributed by atoms with Gasteiger partial charge in [-0.2, -0.15) is 9.57 Å². The lowest BCUT2D eigenvalue weighted by molar-refractivity contribution is 0.191. The van der Waals surface area contributed by atoms with Crippen molar-refractivity contribution in [2.45, 2.75) is 11.3 Å². The summed E-state index contributed by atoms with van der Waals surface area (Å²) in [5.74, 6) is 0.883. The second-order valence-electron chi connectivity index (χ2n) is 5.17. The molecule has 1 aliphatic heterocycles. The van der Waals surface area contributed by atoms with E-state index in [1.807, 2.05) is 0 Å². The molecule has 126 valence electrons. The summed E-state index contributed by atoms with van der Waals surface area (Å²) in [6, 6.07) is 6.71. The van der Waals surface area contributed by atoms with E-state index < -0.39 is 10.0 Å². The predicted octanol–water partition coefficient (Wildman–Crippen LogP) is 0.924. The van der Waals surface area contributed by atoms with E-state index >= 15 is 0 Å². The molecule has 0 N–H and O–H groups in total. The van der Waals surface area contributed by atoms with E-state index in [0.29, 0.717) is 50.6 Å². The number of hydrogen-bond acceptors (Lipinski definition) is 6. The first-order chi connectivity index (χ1) is 11.0. The van der Waals surface area contributed by atoms with Crippen LogP contribution < -0.4 is 9.47 Å². The Balaban J connectivity index is 2.12. The molecule has 8 heteroatoms. The molecule has 0 spiro atoms. The zero-order valence-electron chi connectivity index (χ0n) is 13.4. The van der Waals surface area contributed by atoms with Gasteiger partial charge in [-0.15, -0.1) is 0 Å². The largest absolute Gasteiger partial charge is 0.493 e. The van der Waals surface area contributed by atoms with Crippen LogP contribution in [0.25, 0.3) is 0 Å². The Labute approximate surface area is 137 Å².